The van der Waals surface area contributed by atoms with Crippen molar-refractivity contribution in [2.45, 2.75) is 39.2 Å². The number of rotatable bonds is 7. The molecule has 1 heterocycles. The topological polar surface area (TPSA) is 51.0 Å². The molecule has 0 aliphatic heterocycles. The molecule has 0 aliphatic rings. The first-order valence-corrected chi connectivity index (χ1v) is 8.09. The summed E-state index contributed by atoms with van der Waals surface area (Å²) in [7, 11) is 1.98. The first-order chi connectivity index (χ1) is 10.1. The van der Waals surface area contributed by atoms with Crippen LogP contribution in [-0.4, -0.2) is 23.2 Å². The number of halogens is 1. The van der Waals surface area contributed by atoms with E-state index in [1.165, 1.54) is 5.56 Å². The zero-order valence-corrected chi connectivity index (χ0v) is 14.4. The van der Waals surface area contributed by atoms with Crippen molar-refractivity contribution in [2.24, 2.45) is 5.92 Å². The Kier molecular flexibility index (Phi) is 5.94. The van der Waals surface area contributed by atoms with Gasteiger partial charge in [0.25, 0.3) is 0 Å². The Morgan fingerprint density at radius 1 is 1.24 bits per heavy atom. The highest BCUT2D eigenvalue weighted by molar-refractivity contribution is 9.10. The number of nitrogens with zero attached hydrogens (tertiary/aromatic N) is 2. The molecule has 0 radical (unpaired) electrons. The summed E-state index contributed by atoms with van der Waals surface area (Å²) in [4.78, 5) is 4.49. The van der Waals surface area contributed by atoms with Crippen molar-refractivity contribution in [3.05, 3.63) is 46.0 Å². The predicted octanol–water partition coefficient (Wildman–Crippen LogP) is 3.60. The second-order valence-corrected chi connectivity index (χ2v) is 6.64. The summed E-state index contributed by atoms with van der Waals surface area (Å²) in [5.41, 5.74) is 1.18. The van der Waals surface area contributed by atoms with Gasteiger partial charge in [0.1, 0.15) is 0 Å². The van der Waals surface area contributed by atoms with E-state index in [0.717, 1.165) is 23.1 Å². The number of nitrogens with one attached hydrogen (secondary N) is 1. The van der Waals surface area contributed by atoms with Gasteiger partial charge in [-0.3, -0.25) is 0 Å². The summed E-state index contributed by atoms with van der Waals surface area (Å²) < 4.78 is 6.44. The molecule has 21 heavy (non-hydrogen) atoms. The lowest BCUT2D eigenvalue weighted by Gasteiger charge is -2.15. The Balaban J connectivity index is 1.95. The van der Waals surface area contributed by atoms with Crippen LogP contribution >= 0.6 is 15.9 Å². The second-order valence-electron chi connectivity index (χ2n) is 5.73. The Hall–Kier alpha value is -1.20. The first-order valence-electron chi connectivity index (χ1n) is 7.30. The Morgan fingerprint density at radius 2 is 1.95 bits per heavy atom. The van der Waals surface area contributed by atoms with Gasteiger partial charge in [-0.25, -0.2) is 0 Å². The largest absolute Gasteiger partial charge is 0.339 e. The van der Waals surface area contributed by atoms with Crippen molar-refractivity contribution in [1.82, 2.24) is 15.5 Å². The van der Waals surface area contributed by atoms with Crippen molar-refractivity contribution in [3.63, 3.8) is 0 Å². The molecule has 1 unspecified atom stereocenters. The van der Waals surface area contributed by atoms with E-state index in [1.54, 1.807) is 0 Å². The lowest BCUT2D eigenvalue weighted by molar-refractivity contribution is 0.342. The van der Waals surface area contributed by atoms with E-state index in [4.69, 9.17) is 4.52 Å². The average Bonchev–Trinajstić information content (AvgIpc) is 2.87. The quantitative estimate of drug-likeness (QED) is 0.827. The lowest BCUT2D eigenvalue weighted by atomic mass is 10.0. The molecule has 0 amide bonds. The maximum atomic E-state index is 5.36. The fourth-order valence-corrected chi connectivity index (χ4v) is 2.58. The molecule has 4 nitrogen and oxygen atoms in total. The van der Waals surface area contributed by atoms with Crippen LogP contribution in [0, 0.1) is 5.92 Å². The van der Waals surface area contributed by atoms with Crippen LogP contribution in [0.25, 0.3) is 0 Å². The van der Waals surface area contributed by atoms with Gasteiger partial charge in [0, 0.05) is 23.4 Å². The lowest BCUT2D eigenvalue weighted by Crippen LogP contribution is -2.29. The molecule has 2 rings (SSSR count). The van der Waals surface area contributed by atoms with E-state index >= 15 is 0 Å². The zero-order valence-electron chi connectivity index (χ0n) is 12.8. The van der Waals surface area contributed by atoms with Crippen LogP contribution in [0.4, 0.5) is 0 Å². The van der Waals surface area contributed by atoms with Crippen molar-refractivity contribution < 1.29 is 4.52 Å². The fourth-order valence-electron chi connectivity index (χ4n) is 2.31. The highest BCUT2D eigenvalue weighted by Gasteiger charge is 2.14. The number of hydrogen-bond donors (Lipinski definition) is 1. The highest BCUT2D eigenvalue weighted by Crippen LogP contribution is 2.14. The van der Waals surface area contributed by atoms with Gasteiger partial charge in [0.2, 0.25) is 5.89 Å². The Bertz CT molecular complexity index is 551. The normalized spacial score (nSPS) is 12.8. The molecule has 114 valence electrons. The van der Waals surface area contributed by atoms with E-state index in [1.807, 2.05) is 19.2 Å². The van der Waals surface area contributed by atoms with Crippen molar-refractivity contribution in [2.75, 3.05) is 7.05 Å². The molecule has 1 aromatic carbocycles. The Morgan fingerprint density at radius 3 is 2.57 bits per heavy atom. The SMILES string of the molecule is CNC(Cc1nc(Cc2ccc(Br)cc2)no1)CC(C)C. The highest BCUT2D eigenvalue weighted by atomic mass is 79.9. The molecule has 0 aliphatic carbocycles. The summed E-state index contributed by atoms with van der Waals surface area (Å²) in [5.74, 6) is 2.10. The van der Waals surface area contributed by atoms with Crippen LogP contribution in [0.2, 0.25) is 0 Å². The monoisotopic (exact) mass is 351 g/mol. The third kappa shape index (κ3) is 5.25. The molecule has 0 spiro atoms. The molecule has 0 fully saturated rings. The van der Waals surface area contributed by atoms with E-state index < -0.39 is 0 Å². The van der Waals surface area contributed by atoms with Crippen molar-refractivity contribution in [1.29, 1.82) is 0 Å². The molecule has 0 bridgehead atoms. The number of hydrogen-bond acceptors (Lipinski definition) is 4. The van der Waals surface area contributed by atoms with E-state index in [2.05, 4.69) is 57.4 Å². The molecule has 1 N–H and O–H groups in total. The summed E-state index contributed by atoms with van der Waals surface area (Å²) in [5, 5.41) is 7.39. The number of aromatic nitrogens is 2. The van der Waals surface area contributed by atoms with Crippen LogP contribution in [-0.2, 0) is 12.8 Å². The minimum atomic E-state index is 0.381. The minimum Gasteiger partial charge on any atom is -0.339 e. The molecular weight excluding hydrogens is 330 g/mol. The first kappa shape index (κ1) is 16.2. The van der Waals surface area contributed by atoms with Gasteiger partial charge in [-0.05, 0) is 37.1 Å². The molecule has 2 aromatic rings. The Labute approximate surface area is 134 Å². The molecule has 0 saturated carbocycles. The van der Waals surface area contributed by atoms with E-state index in [0.29, 0.717) is 24.3 Å². The van der Waals surface area contributed by atoms with Gasteiger partial charge in [-0.1, -0.05) is 47.1 Å². The maximum Gasteiger partial charge on any atom is 0.228 e. The minimum absolute atomic E-state index is 0.381. The third-order valence-corrected chi connectivity index (χ3v) is 3.90. The van der Waals surface area contributed by atoms with Gasteiger partial charge in [0.15, 0.2) is 5.82 Å². The van der Waals surface area contributed by atoms with E-state index in [9.17, 15) is 0 Å². The fraction of sp³-hybridized carbons (Fsp3) is 0.500. The molecule has 1 aromatic heterocycles. The average molecular weight is 352 g/mol. The predicted molar refractivity (Wildman–Crippen MR) is 87.3 cm³/mol. The maximum absolute atomic E-state index is 5.36. The standard InChI is InChI=1S/C16H22BrN3O/c1-11(2)8-14(18-3)10-16-19-15(20-21-16)9-12-4-6-13(17)7-5-12/h4-7,11,14,18H,8-10H2,1-3H3. The van der Waals surface area contributed by atoms with Gasteiger partial charge in [0.05, 0.1) is 0 Å². The van der Waals surface area contributed by atoms with Gasteiger partial charge in [-0.2, -0.15) is 4.98 Å². The van der Waals surface area contributed by atoms with Gasteiger partial charge in [-0.15, -0.1) is 0 Å². The zero-order chi connectivity index (χ0) is 15.2. The molecule has 5 heteroatoms. The number of benzene rings is 1. The van der Waals surface area contributed by atoms with Gasteiger partial charge >= 0.3 is 0 Å². The van der Waals surface area contributed by atoms with Crippen LogP contribution in [0.15, 0.2) is 33.3 Å². The molecule has 0 saturated heterocycles. The second kappa shape index (κ2) is 7.71. The summed E-state index contributed by atoms with van der Waals surface area (Å²) in [6, 6.07) is 8.56. The van der Waals surface area contributed by atoms with Crippen molar-refractivity contribution >= 4 is 15.9 Å². The van der Waals surface area contributed by atoms with Crippen LogP contribution in [0.5, 0.6) is 0 Å². The van der Waals surface area contributed by atoms with Gasteiger partial charge < -0.3 is 9.84 Å². The molecule has 1 atom stereocenters. The van der Waals surface area contributed by atoms with E-state index in [-0.39, 0.29) is 0 Å². The van der Waals surface area contributed by atoms with Crippen LogP contribution < -0.4 is 5.32 Å². The summed E-state index contributed by atoms with van der Waals surface area (Å²) in [6.45, 7) is 4.44. The number of likely N-dealkylation sites (N-methyl/N-ethyl adjacent to an activating group) is 1. The third-order valence-electron chi connectivity index (χ3n) is 3.37. The smallest absolute Gasteiger partial charge is 0.228 e. The van der Waals surface area contributed by atoms with Crippen LogP contribution in [0.1, 0.15) is 37.5 Å². The summed E-state index contributed by atoms with van der Waals surface area (Å²) >= 11 is 3.43. The van der Waals surface area contributed by atoms with Crippen molar-refractivity contribution in [3.8, 4) is 0 Å². The molecular formula is C16H22BrN3O. The summed E-state index contributed by atoms with van der Waals surface area (Å²) in [6.07, 6.45) is 2.58. The van der Waals surface area contributed by atoms with Crippen LogP contribution in [0.3, 0.4) is 0 Å².